The number of hydrogen-bond donors (Lipinski definition) is 4. The Kier molecular flexibility index (Phi) is 5.78. The minimum absolute atomic E-state index is 0.0657. The summed E-state index contributed by atoms with van der Waals surface area (Å²) >= 11 is 0. The van der Waals surface area contributed by atoms with E-state index in [1.807, 2.05) is 12.2 Å². The van der Waals surface area contributed by atoms with Gasteiger partial charge in [0.1, 0.15) is 5.75 Å². The number of allylic oxidation sites excluding steroid dienone is 2. The van der Waals surface area contributed by atoms with Crippen molar-refractivity contribution in [2.75, 3.05) is 14.1 Å². The molecule has 9 atom stereocenters. The van der Waals surface area contributed by atoms with E-state index in [0.717, 1.165) is 12.8 Å². The molecule has 2 fully saturated rings. The molecule has 196 valence electrons. The summed E-state index contributed by atoms with van der Waals surface area (Å²) in [6, 6.07) is 2.06. The zero-order valence-corrected chi connectivity index (χ0v) is 20.7. The van der Waals surface area contributed by atoms with Gasteiger partial charge in [-0.3, -0.25) is 28.9 Å². The molecular weight excluding hydrogens is 480 g/mol. The number of phenols is 1. The lowest BCUT2D eigenvalue weighted by molar-refractivity contribution is -0.196. The van der Waals surface area contributed by atoms with Crippen LogP contribution in [0.4, 0.5) is 0 Å². The van der Waals surface area contributed by atoms with E-state index in [1.54, 1.807) is 19.1 Å². The fourth-order valence-electron chi connectivity index (χ4n) is 7.20. The quantitative estimate of drug-likeness (QED) is 0.318. The number of rotatable bonds is 3. The lowest BCUT2D eigenvalue weighted by Gasteiger charge is -2.56. The predicted molar refractivity (Wildman–Crippen MR) is 129 cm³/mol. The third-order valence-electron chi connectivity index (χ3n) is 8.93. The van der Waals surface area contributed by atoms with Gasteiger partial charge in [-0.25, -0.2) is 0 Å². The summed E-state index contributed by atoms with van der Waals surface area (Å²) < 4.78 is 0. The molecule has 4 aliphatic carbocycles. The molecule has 37 heavy (non-hydrogen) atoms. The summed E-state index contributed by atoms with van der Waals surface area (Å²) in [6.07, 6.45) is 3.86. The smallest absolute Gasteiger partial charge is 0.235 e. The molecule has 10 nitrogen and oxygen atoms in total. The fourth-order valence-corrected chi connectivity index (χ4v) is 7.20. The van der Waals surface area contributed by atoms with E-state index in [9.17, 15) is 39.3 Å². The minimum Gasteiger partial charge on any atom is -0.507 e. The number of ketones is 4. The molecule has 1 aromatic rings. The Balaban J connectivity index is 1.69. The van der Waals surface area contributed by atoms with Gasteiger partial charge in [0, 0.05) is 17.4 Å². The second-order valence-corrected chi connectivity index (χ2v) is 10.9. The summed E-state index contributed by atoms with van der Waals surface area (Å²) in [5, 5.41) is 34.4. The number of fused-ring (bicyclic) bond motifs is 3. The van der Waals surface area contributed by atoms with Crippen LogP contribution in [0.2, 0.25) is 0 Å². The van der Waals surface area contributed by atoms with E-state index in [0.29, 0.717) is 11.1 Å². The molecule has 2 saturated carbocycles. The number of primary amides is 1. The Morgan fingerprint density at radius 2 is 1.76 bits per heavy atom. The number of nitrogens with two attached hydrogens (primary N) is 1. The van der Waals surface area contributed by atoms with Crippen molar-refractivity contribution >= 4 is 29.0 Å². The topological polar surface area (TPSA) is 175 Å². The highest BCUT2D eigenvalue weighted by Gasteiger charge is 2.72. The number of aliphatic hydroxyl groups excluding tert-OH is 1. The van der Waals surface area contributed by atoms with Crippen molar-refractivity contribution < 1.29 is 39.3 Å². The molecule has 5 rings (SSSR count). The normalized spacial score (nSPS) is 39.0. The number of benzene rings is 1. The number of aliphatic hydroxyl groups is 2. The van der Waals surface area contributed by atoms with Gasteiger partial charge in [-0.05, 0) is 38.4 Å². The van der Waals surface area contributed by atoms with Gasteiger partial charge in [0.15, 0.2) is 34.7 Å². The zero-order chi connectivity index (χ0) is 27.1. The highest BCUT2D eigenvalue weighted by molar-refractivity contribution is 6.32. The van der Waals surface area contributed by atoms with E-state index < -0.39 is 76.4 Å². The van der Waals surface area contributed by atoms with Crippen molar-refractivity contribution in [1.29, 1.82) is 0 Å². The average molecular weight is 511 g/mol. The monoisotopic (exact) mass is 510 g/mol. The van der Waals surface area contributed by atoms with E-state index in [1.165, 1.54) is 19.0 Å². The maximum atomic E-state index is 14.0. The largest absolute Gasteiger partial charge is 0.507 e. The molecule has 0 aromatic heterocycles. The van der Waals surface area contributed by atoms with Crippen molar-refractivity contribution in [2.24, 2.45) is 29.4 Å². The molecule has 0 saturated heterocycles. The van der Waals surface area contributed by atoms with Crippen LogP contribution < -0.4 is 5.73 Å². The Labute approximate surface area is 213 Å². The van der Waals surface area contributed by atoms with Crippen molar-refractivity contribution in [3.8, 4) is 5.75 Å². The van der Waals surface area contributed by atoms with Crippen LogP contribution in [0.5, 0.6) is 5.75 Å². The minimum atomic E-state index is -2.99. The van der Waals surface area contributed by atoms with Gasteiger partial charge in [0.2, 0.25) is 5.91 Å². The summed E-state index contributed by atoms with van der Waals surface area (Å²) in [5.74, 6) is -13.1. The molecule has 0 spiro atoms. The number of hydrogen-bond acceptors (Lipinski definition) is 9. The first kappa shape index (κ1) is 25.4. The average Bonchev–Trinajstić information content (AvgIpc) is 3.35. The zero-order valence-electron chi connectivity index (χ0n) is 20.7. The molecule has 10 heteroatoms. The lowest BCUT2D eigenvalue weighted by atomic mass is 9.49. The Morgan fingerprint density at radius 1 is 1.11 bits per heavy atom. The Hall–Kier alpha value is -3.21. The summed E-state index contributed by atoms with van der Waals surface area (Å²) in [5.41, 5.74) is 3.24. The third-order valence-corrected chi connectivity index (χ3v) is 8.93. The molecule has 0 bridgehead atoms. The third kappa shape index (κ3) is 3.19. The van der Waals surface area contributed by atoms with Gasteiger partial charge < -0.3 is 21.1 Å². The number of amides is 1. The van der Waals surface area contributed by atoms with Crippen LogP contribution in [0.15, 0.2) is 24.3 Å². The van der Waals surface area contributed by atoms with Crippen molar-refractivity contribution in [3.63, 3.8) is 0 Å². The molecule has 0 aliphatic heterocycles. The van der Waals surface area contributed by atoms with Crippen molar-refractivity contribution in [2.45, 2.75) is 49.3 Å². The number of likely N-dealkylation sites (N-methyl/N-ethyl adjacent to an activating group) is 1. The van der Waals surface area contributed by atoms with Crippen LogP contribution in [0.1, 0.15) is 53.1 Å². The van der Waals surface area contributed by atoms with Gasteiger partial charge >= 0.3 is 0 Å². The first-order valence-electron chi connectivity index (χ1n) is 12.4. The fraction of sp³-hybridized carbons (Fsp3) is 0.519. The highest BCUT2D eigenvalue weighted by Crippen LogP contribution is 2.55. The molecule has 3 unspecified atom stereocenters. The maximum Gasteiger partial charge on any atom is 0.235 e. The van der Waals surface area contributed by atoms with Crippen LogP contribution in [-0.4, -0.2) is 81.1 Å². The SMILES string of the molecule is C[C@@H]1c2ccc(C3C=CCC3)c(O)c2C(=O)C2C(=O)[C@@]3(O)C(=O)C(C(N)=O)C(=O)[C@H](N(C)C)[C@H]3[C@H](O)[C@H]21. The number of Topliss-reactive ketones (excluding diaryl/α,β-unsaturated/α-hetero) is 4. The van der Waals surface area contributed by atoms with Gasteiger partial charge in [0.25, 0.3) is 0 Å². The second-order valence-electron chi connectivity index (χ2n) is 10.9. The van der Waals surface area contributed by atoms with Gasteiger partial charge in [-0.15, -0.1) is 0 Å². The number of carbonyl (C=O) groups excluding carboxylic acids is 5. The van der Waals surface area contributed by atoms with Crippen LogP contribution in [-0.2, 0) is 19.2 Å². The van der Waals surface area contributed by atoms with E-state index in [4.69, 9.17) is 5.73 Å². The standard InChI is InChI=1S/C27H30N2O8/c1-10-12-8-9-13(11-6-4-5-7-11)20(30)15(12)21(31)16-14(10)22(32)18-19(29(2)3)23(33)17(26(28)36)25(35)27(18,37)24(16)34/h4,6,8-11,14,16-19,22,30,32,37H,5,7H2,1-3H3,(H2,28,36)/t10-,11?,14+,16?,17?,18+,19-,22-,27-/m1/s1. The highest BCUT2D eigenvalue weighted by atomic mass is 16.3. The maximum absolute atomic E-state index is 14.0. The number of nitrogens with zero attached hydrogens (tertiary/aromatic N) is 1. The first-order valence-corrected chi connectivity index (χ1v) is 12.4. The van der Waals surface area contributed by atoms with Crippen molar-refractivity contribution in [1.82, 2.24) is 4.90 Å². The molecule has 0 radical (unpaired) electrons. The Morgan fingerprint density at radius 3 is 2.32 bits per heavy atom. The van der Waals surface area contributed by atoms with Crippen LogP contribution >= 0.6 is 0 Å². The second kappa shape index (κ2) is 8.41. The molecule has 1 amide bonds. The predicted octanol–water partition coefficient (Wildman–Crippen LogP) is -0.168. The number of carbonyl (C=O) groups is 5. The van der Waals surface area contributed by atoms with Crippen LogP contribution in [0.3, 0.4) is 0 Å². The van der Waals surface area contributed by atoms with Crippen molar-refractivity contribution in [3.05, 3.63) is 41.0 Å². The van der Waals surface area contributed by atoms with Gasteiger partial charge in [0.05, 0.1) is 29.5 Å². The molecule has 0 heterocycles. The van der Waals surface area contributed by atoms with Gasteiger partial charge in [-0.2, -0.15) is 0 Å². The van der Waals surface area contributed by atoms with Crippen LogP contribution in [0.25, 0.3) is 0 Å². The Bertz CT molecular complexity index is 1290. The van der Waals surface area contributed by atoms with E-state index >= 15 is 0 Å². The van der Waals surface area contributed by atoms with E-state index in [2.05, 4.69) is 0 Å². The summed E-state index contributed by atoms with van der Waals surface area (Å²) in [4.78, 5) is 67.8. The first-order chi connectivity index (χ1) is 17.3. The molecular formula is C27H30N2O8. The van der Waals surface area contributed by atoms with E-state index in [-0.39, 0.29) is 17.2 Å². The van der Waals surface area contributed by atoms with Gasteiger partial charge in [-0.1, -0.05) is 31.2 Å². The molecule has 5 N–H and O–H groups in total. The molecule has 4 aliphatic rings. The molecule has 1 aromatic carbocycles. The summed E-state index contributed by atoms with van der Waals surface area (Å²) in [6.45, 7) is 1.70. The number of phenolic OH excluding ortho intramolecular Hbond substituents is 1. The summed E-state index contributed by atoms with van der Waals surface area (Å²) in [7, 11) is 2.92. The lowest BCUT2D eigenvalue weighted by Crippen LogP contribution is -2.77. The van der Waals surface area contributed by atoms with Crippen LogP contribution in [0, 0.1) is 23.7 Å². The number of aromatic hydroxyl groups is 1.